The number of hydrogen-bond acceptors (Lipinski definition) is 5. The molecule has 1 saturated heterocycles. The first-order chi connectivity index (χ1) is 9.98. The van der Waals surface area contributed by atoms with Crippen molar-refractivity contribution in [2.45, 2.75) is 30.2 Å². The molecule has 0 amide bonds. The zero-order chi connectivity index (χ0) is 15.5. The highest BCUT2D eigenvalue weighted by Crippen LogP contribution is 2.26. The van der Waals surface area contributed by atoms with Crippen molar-refractivity contribution < 1.29 is 23.1 Å². The van der Waals surface area contributed by atoms with Gasteiger partial charge >= 0.3 is 5.97 Å². The molecule has 1 aromatic carbocycles. The summed E-state index contributed by atoms with van der Waals surface area (Å²) in [6.07, 6.45) is 1.54. The van der Waals surface area contributed by atoms with Crippen LogP contribution in [0.4, 0.5) is 0 Å². The zero-order valence-electron chi connectivity index (χ0n) is 11.9. The number of carbonyl (C=O) groups excluding carboxylic acids is 1. The van der Waals surface area contributed by atoms with E-state index in [1.54, 1.807) is 12.1 Å². The van der Waals surface area contributed by atoms with Crippen molar-refractivity contribution in [1.82, 2.24) is 4.31 Å². The van der Waals surface area contributed by atoms with Crippen LogP contribution in [-0.2, 0) is 26.0 Å². The Labute approximate surface area is 124 Å². The lowest BCUT2D eigenvalue weighted by molar-refractivity contribution is -0.139. The Balaban J connectivity index is 2.19. The summed E-state index contributed by atoms with van der Waals surface area (Å²) in [5, 5.41) is 9.26. The molecule has 6 nitrogen and oxygen atoms in total. The average molecular weight is 313 g/mol. The average Bonchev–Trinajstić information content (AvgIpc) is 2.97. The zero-order valence-corrected chi connectivity index (χ0v) is 12.7. The van der Waals surface area contributed by atoms with Gasteiger partial charge < -0.3 is 9.84 Å². The van der Waals surface area contributed by atoms with E-state index in [0.717, 1.165) is 6.42 Å². The van der Waals surface area contributed by atoms with Gasteiger partial charge in [-0.1, -0.05) is 12.1 Å². The van der Waals surface area contributed by atoms with Gasteiger partial charge in [-0.25, -0.2) is 8.42 Å². The molecule has 1 aliphatic heterocycles. The van der Waals surface area contributed by atoms with Crippen LogP contribution >= 0.6 is 0 Å². The minimum atomic E-state index is -3.59. The fourth-order valence-corrected chi connectivity index (χ4v) is 4.15. The lowest BCUT2D eigenvalue weighted by Crippen LogP contribution is -2.37. The molecular weight excluding hydrogens is 294 g/mol. The Morgan fingerprint density at radius 3 is 2.62 bits per heavy atom. The van der Waals surface area contributed by atoms with Crippen molar-refractivity contribution in [3.05, 3.63) is 29.8 Å². The molecule has 7 heteroatoms. The van der Waals surface area contributed by atoms with Crippen molar-refractivity contribution in [1.29, 1.82) is 0 Å². The van der Waals surface area contributed by atoms with Gasteiger partial charge in [0.15, 0.2) is 0 Å². The van der Waals surface area contributed by atoms with Gasteiger partial charge in [0.1, 0.15) is 0 Å². The predicted molar refractivity (Wildman–Crippen MR) is 76.2 cm³/mol. The number of aliphatic hydroxyl groups excluding tert-OH is 1. The molecule has 1 fully saturated rings. The highest BCUT2D eigenvalue weighted by atomic mass is 32.2. The first-order valence-corrected chi connectivity index (χ1v) is 8.21. The monoisotopic (exact) mass is 313 g/mol. The largest absolute Gasteiger partial charge is 0.469 e. The van der Waals surface area contributed by atoms with Crippen LogP contribution in [-0.4, -0.2) is 50.1 Å². The molecule has 0 aliphatic carbocycles. The van der Waals surface area contributed by atoms with Crippen LogP contribution in [0, 0.1) is 0 Å². The predicted octanol–water partition coefficient (Wildman–Crippen LogP) is 0.547. The van der Waals surface area contributed by atoms with Gasteiger partial charge in [-0.15, -0.1) is 0 Å². The molecule has 2 rings (SSSR count). The van der Waals surface area contributed by atoms with Crippen LogP contribution in [0.1, 0.15) is 18.4 Å². The van der Waals surface area contributed by atoms with Gasteiger partial charge in [-0.2, -0.15) is 4.31 Å². The van der Waals surface area contributed by atoms with E-state index >= 15 is 0 Å². The Hall–Kier alpha value is -1.44. The number of carbonyl (C=O) groups is 1. The van der Waals surface area contributed by atoms with E-state index in [1.165, 1.54) is 23.5 Å². The third kappa shape index (κ3) is 3.42. The molecule has 0 aromatic heterocycles. The molecule has 0 spiro atoms. The number of methoxy groups -OCH3 is 1. The van der Waals surface area contributed by atoms with E-state index in [9.17, 15) is 18.3 Å². The molecule has 1 aromatic rings. The Morgan fingerprint density at radius 2 is 2.05 bits per heavy atom. The first-order valence-electron chi connectivity index (χ1n) is 6.77. The summed E-state index contributed by atoms with van der Waals surface area (Å²) < 4.78 is 31.0. The van der Waals surface area contributed by atoms with Crippen LogP contribution in [0.5, 0.6) is 0 Å². The lowest BCUT2D eigenvalue weighted by atomic mass is 10.2. The summed E-state index contributed by atoms with van der Waals surface area (Å²) in [4.78, 5) is 11.4. The van der Waals surface area contributed by atoms with Gasteiger partial charge in [0.05, 0.1) is 25.0 Å². The fraction of sp³-hybridized carbons (Fsp3) is 0.500. The number of benzene rings is 1. The summed E-state index contributed by atoms with van der Waals surface area (Å²) >= 11 is 0. The first kappa shape index (κ1) is 15.9. The normalized spacial score (nSPS) is 19.6. The third-order valence-corrected chi connectivity index (χ3v) is 5.61. The smallest absolute Gasteiger partial charge is 0.309 e. The van der Waals surface area contributed by atoms with Crippen molar-refractivity contribution in [3.63, 3.8) is 0 Å². The van der Waals surface area contributed by atoms with E-state index in [1.807, 2.05) is 0 Å². The van der Waals surface area contributed by atoms with E-state index < -0.39 is 10.0 Å². The van der Waals surface area contributed by atoms with E-state index in [2.05, 4.69) is 4.74 Å². The summed E-state index contributed by atoms with van der Waals surface area (Å²) in [6, 6.07) is 5.84. The number of aliphatic hydroxyl groups is 1. The van der Waals surface area contributed by atoms with Gasteiger partial charge in [-0.3, -0.25) is 4.79 Å². The molecule has 1 N–H and O–H groups in total. The molecule has 0 saturated carbocycles. The van der Waals surface area contributed by atoms with Gasteiger partial charge in [0.2, 0.25) is 10.0 Å². The molecule has 21 heavy (non-hydrogen) atoms. The molecule has 0 radical (unpaired) electrons. The van der Waals surface area contributed by atoms with Crippen LogP contribution in [0.3, 0.4) is 0 Å². The molecule has 1 heterocycles. The summed E-state index contributed by atoms with van der Waals surface area (Å²) in [6.45, 7) is 0.261. The highest BCUT2D eigenvalue weighted by molar-refractivity contribution is 7.89. The minimum absolute atomic E-state index is 0.111. The summed E-state index contributed by atoms with van der Waals surface area (Å²) in [5.74, 6) is -0.370. The summed E-state index contributed by atoms with van der Waals surface area (Å²) in [7, 11) is -2.28. The summed E-state index contributed by atoms with van der Waals surface area (Å²) in [5.41, 5.74) is 0.695. The number of rotatable bonds is 5. The quantitative estimate of drug-likeness (QED) is 0.803. The van der Waals surface area contributed by atoms with Crippen molar-refractivity contribution in [2.75, 3.05) is 20.3 Å². The maximum absolute atomic E-state index is 12.5. The van der Waals surface area contributed by atoms with E-state index in [0.29, 0.717) is 18.5 Å². The molecule has 1 atom stereocenters. The molecule has 1 aliphatic rings. The molecule has 116 valence electrons. The van der Waals surface area contributed by atoms with Gasteiger partial charge in [0, 0.05) is 12.6 Å². The minimum Gasteiger partial charge on any atom is -0.469 e. The third-order valence-electron chi connectivity index (χ3n) is 3.64. The topological polar surface area (TPSA) is 83.9 Å². The number of ether oxygens (including phenoxy) is 1. The number of nitrogens with zero attached hydrogens (tertiary/aromatic N) is 1. The molecule has 0 bridgehead atoms. The van der Waals surface area contributed by atoms with Crippen LogP contribution in [0.25, 0.3) is 0 Å². The second-order valence-electron chi connectivity index (χ2n) is 4.99. The fourth-order valence-electron chi connectivity index (χ4n) is 2.46. The van der Waals surface area contributed by atoms with Crippen LogP contribution < -0.4 is 0 Å². The number of esters is 1. The second-order valence-corrected chi connectivity index (χ2v) is 6.88. The van der Waals surface area contributed by atoms with Crippen molar-refractivity contribution in [3.8, 4) is 0 Å². The lowest BCUT2D eigenvalue weighted by Gasteiger charge is -2.22. The van der Waals surface area contributed by atoms with E-state index in [4.69, 9.17) is 0 Å². The molecular formula is C14H19NO5S. The highest BCUT2D eigenvalue weighted by Gasteiger charge is 2.34. The Kier molecular flexibility index (Phi) is 4.97. The van der Waals surface area contributed by atoms with Crippen molar-refractivity contribution >= 4 is 16.0 Å². The Morgan fingerprint density at radius 1 is 1.38 bits per heavy atom. The second kappa shape index (κ2) is 6.55. The SMILES string of the molecule is COC(=O)Cc1ccc(S(=O)(=O)N2CCCC2CO)cc1. The van der Waals surface area contributed by atoms with Crippen LogP contribution in [0.2, 0.25) is 0 Å². The number of sulfonamides is 1. The maximum Gasteiger partial charge on any atom is 0.309 e. The van der Waals surface area contributed by atoms with Crippen molar-refractivity contribution in [2.24, 2.45) is 0 Å². The van der Waals surface area contributed by atoms with Gasteiger partial charge in [0.25, 0.3) is 0 Å². The Bertz CT molecular complexity index is 596. The van der Waals surface area contributed by atoms with E-state index in [-0.39, 0.29) is 29.9 Å². The standard InChI is InChI=1S/C14H19NO5S/c1-20-14(17)9-11-4-6-13(7-5-11)21(18,19)15-8-2-3-12(15)10-16/h4-7,12,16H,2-3,8-10H2,1H3. The number of hydrogen-bond donors (Lipinski definition) is 1. The van der Waals surface area contributed by atoms with Crippen LogP contribution in [0.15, 0.2) is 29.2 Å². The molecule has 1 unspecified atom stereocenters. The van der Waals surface area contributed by atoms with Gasteiger partial charge in [-0.05, 0) is 30.5 Å². The maximum atomic E-state index is 12.5.